The molecular formula is C19H19ClF3N3O2. The third-order valence-electron chi connectivity index (χ3n) is 3.99. The van der Waals surface area contributed by atoms with Gasteiger partial charge in [-0.25, -0.2) is 4.79 Å². The molecule has 3 amide bonds. The van der Waals surface area contributed by atoms with Crippen molar-refractivity contribution in [1.29, 1.82) is 0 Å². The summed E-state index contributed by atoms with van der Waals surface area (Å²) in [6.45, 7) is 0.0140. The zero-order valence-corrected chi connectivity index (χ0v) is 15.7. The van der Waals surface area contributed by atoms with E-state index in [1.807, 2.05) is 0 Å². The predicted molar refractivity (Wildman–Crippen MR) is 101 cm³/mol. The summed E-state index contributed by atoms with van der Waals surface area (Å²) < 4.78 is 37.9. The van der Waals surface area contributed by atoms with Gasteiger partial charge >= 0.3 is 12.2 Å². The van der Waals surface area contributed by atoms with E-state index in [-0.39, 0.29) is 18.9 Å². The fourth-order valence-electron chi connectivity index (χ4n) is 2.50. The fraction of sp³-hybridized carbons (Fsp3) is 0.263. The molecule has 0 aromatic heterocycles. The Labute approximate surface area is 165 Å². The lowest BCUT2D eigenvalue weighted by Crippen LogP contribution is -2.40. The van der Waals surface area contributed by atoms with Gasteiger partial charge in [0.1, 0.15) is 0 Å². The third-order valence-corrected chi connectivity index (χ3v) is 4.24. The van der Waals surface area contributed by atoms with Gasteiger partial charge in [0.15, 0.2) is 0 Å². The molecule has 3 N–H and O–H groups in total. The monoisotopic (exact) mass is 413 g/mol. The summed E-state index contributed by atoms with van der Waals surface area (Å²) in [5.41, 5.74) is 0.329. The van der Waals surface area contributed by atoms with Crippen LogP contribution in [0, 0.1) is 5.92 Å². The van der Waals surface area contributed by atoms with Crippen LogP contribution in [0.15, 0.2) is 48.5 Å². The van der Waals surface area contributed by atoms with Gasteiger partial charge in [-0.15, -0.1) is 0 Å². The van der Waals surface area contributed by atoms with Gasteiger partial charge < -0.3 is 16.0 Å². The van der Waals surface area contributed by atoms with Crippen LogP contribution in [0.3, 0.4) is 0 Å². The summed E-state index contributed by atoms with van der Waals surface area (Å²) in [6, 6.07) is 10.6. The number of nitrogens with one attached hydrogen (secondary N) is 3. The van der Waals surface area contributed by atoms with Gasteiger partial charge in [0.25, 0.3) is 0 Å². The first kappa shape index (κ1) is 21.6. The number of anilines is 1. The van der Waals surface area contributed by atoms with E-state index in [0.717, 1.165) is 12.1 Å². The highest BCUT2D eigenvalue weighted by Gasteiger charge is 2.30. The van der Waals surface area contributed by atoms with Gasteiger partial charge in [-0.3, -0.25) is 4.79 Å². The summed E-state index contributed by atoms with van der Waals surface area (Å²) in [6.07, 6.45) is -4.24. The lowest BCUT2D eigenvalue weighted by Gasteiger charge is -2.17. The van der Waals surface area contributed by atoms with Crippen LogP contribution in [0.25, 0.3) is 0 Å². The number of carbonyl (C=O) groups is 2. The molecule has 0 aliphatic heterocycles. The van der Waals surface area contributed by atoms with Crippen LogP contribution in [0.5, 0.6) is 0 Å². The molecule has 1 unspecified atom stereocenters. The first-order valence-electron chi connectivity index (χ1n) is 8.37. The fourth-order valence-corrected chi connectivity index (χ4v) is 2.63. The largest absolute Gasteiger partial charge is 0.416 e. The number of halogens is 4. The van der Waals surface area contributed by atoms with Crippen molar-refractivity contribution >= 4 is 29.2 Å². The second kappa shape index (κ2) is 9.45. The number of rotatable bonds is 6. The normalized spacial score (nSPS) is 12.2. The Morgan fingerprint density at radius 2 is 1.64 bits per heavy atom. The maximum absolute atomic E-state index is 12.6. The molecule has 1 atom stereocenters. The number of benzene rings is 2. The van der Waals surface area contributed by atoms with Gasteiger partial charge in [0.2, 0.25) is 5.91 Å². The van der Waals surface area contributed by atoms with Crippen LogP contribution in [0.4, 0.5) is 23.7 Å². The molecule has 9 heteroatoms. The van der Waals surface area contributed by atoms with Crippen molar-refractivity contribution in [3.05, 3.63) is 64.7 Å². The SMILES string of the molecule is CNC(=O)C(CNC(=O)Nc1ccc(Cl)cc1)Cc1ccc(C(F)(F)F)cc1. The average molecular weight is 414 g/mol. The predicted octanol–water partition coefficient (Wildman–Crippen LogP) is 4.09. The number of alkyl halides is 3. The highest BCUT2D eigenvalue weighted by Crippen LogP contribution is 2.29. The summed E-state index contributed by atoms with van der Waals surface area (Å²) >= 11 is 5.78. The van der Waals surface area contributed by atoms with Crippen molar-refractivity contribution in [2.24, 2.45) is 5.92 Å². The average Bonchev–Trinajstić information content (AvgIpc) is 2.66. The second-order valence-electron chi connectivity index (χ2n) is 6.05. The van der Waals surface area contributed by atoms with Crippen LogP contribution in [0.1, 0.15) is 11.1 Å². The van der Waals surface area contributed by atoms with Crippen LogP contribution in [0.2, 0.25) is 5.02 Å². The zero-order valence-electron chi connectivity index (χ0n) is 14.9. The van der Waals surface area contributed by atoms with Crippen molar-refractivity contribution in [3.63, 3.8) is 0 Å². The van der Waals surface area contributed by atoms with Crippen molar-refractivity contribution < 1.29 is 22.8 Å². The number of amides is 3. The molecule has 0 aliphatic rings. The zero-order chi connectivity index (χ0) is 20.7. The summed E-state index contributed by atoms with van der Waals surface area (Å²) in [4.78, 5) is 24.1. The lowest BCUT2D eigenvalue weighted by molar-refractivity contribution is -0.137. The Balaban J connectivity index is 1.96. The van der Waals surface area contributed by atoms with Crippen molar-refractivity contribution in [2.75, 3.05) is 18.9 Å². The Bertz CT molecular complexity index is 809. The van der Waals surface area contributed by atoms with E-state index in [4.69, 9.17) is 11.6 Å². The molecule has 0 spiro atoms. The van der Waals surface area contributed by atoms with E-state index < -0.39 is 23.7 Å². The maximum atomic E-state index is 12.6. The molecule has 0 saturated heterocycles. The minimum absolute atomic E-state index is 0.0140. The molecule has 0 radical (unpaired) electrons. The topological polar surface area (TPSA) is 70.2 Å². The van der Waals surface area contributed by atoms with Gasteiger partial charge in [-0.05, 0) is 48.4 Å². The highest BCUT2D eigenvalue weighted by molar-refractivity contribution is 6.30. The first-order valence-corrected chi connectivity index (χ1v) is 8.75. The van der Waals surface area contributed by atoms with E-state index in [1.165, 1.54) is 19.2 Å². The second-order valence-corrected chi connectivity index (χ2v) is 6.49. The van der Waals surface area contributed by atoms with Gasteiger partial charge in [-0.1, -0.05) is 23.7 Å². The molecular weight excluding hydrogens is 395 g/mol. The smallest absolute Gasteiger partial charge is 0.359 e. The molecule has 5 nitrogen and oxygen atoms in total. The molecule has 0 bridgehead atoms. The standard InChI is InChI=1S/C19H19ClF3N3O2/c1-24-17(27)13(10-12-2-4-14(5-3-12)19(21,22)23)11-25-18(28)26-16-8-6-15(20)7-9-16/h2-9,13H,10-11H2,1H3,(H,24,27)(H2,25,26,28). The first-order chi connectivity index (χ1) is 13.2. The van der Waals surface area contributed by atoms with Crippen molar-refractivity contribution in [3.8, 4) is 0 Å². The van der Waals surface area contributed by atoms with Crippen LogP contribution in [-0.2, 0) is 17.4 Å². The number of carbonyl (C=O) groups excluding carboxylic acids is 2. The van der Waals surface area contributed by atoms with Gasteiger partial charge in [-0.2, -0.15) is 13.2 Å². The van der Waals surface area contributed by atoms with Crippen LogP contribution in [-0.4, -0.2) is 25.5 Å². The minimum atomic E-state index is -4.42. The molecule has 0 heterocycles. The van der Waals surface area contributed by atoms with E-state index in [1.54, 1.807) is 24.3 Å². The minimum Gasteiger partial charge on any atom is -0.359 e. The van der Waals surface area contributed by atoms with E-state index >= 15 is 0 Å². The van der Waals surface area contributed by atoms with Gasteiger partial charge in [0, 0.05) is 24.3 Å². The highest BCUT2D eigenvalue weighted by atomic mass is 35.5. The molecule has 2 aromatic rings. The van der Waals surface area contributed by atoms with Crippen LogP contribution >= 0.6 is 11.6 Å². The molecule has 0 aliphatic carbocycles. The molecule has 2 rings (SSSR count). The Kier molecular flexibility index (Phi) is 7.28. The number of hydrogen-bond donors (Lipinski definition) is 3. The van der Waals surface area contributed by atoms with Crippen LogP contribution < -0.4 is 16.0 Å². The summed E-state index contributed by atoms with van der Waals surface area (Å²) in [7, 11) is 1.45. The summed E-state index contributed by atoms with van der Waals surface area (Å²) in [5, 5.41) is 8.22. The number of urea groups is 1. The molecule has 0 fully saturated rings. The lowest BCUT2D eigenvalue weighted by atomic mass is 9.97. The molecule has 0 saturated carbocycles. The number of hydrogen-bond acceptors (Lipinski definition) is 2. The molecule has 2 aromatic carbocycles. The van der Waals surface area contributed by atoms with Gasteiger partial charge in [0.05, 0.1) is 11.5 Å². The Hall–Kier alpha value is -2.74. The van der Waals surface area contributed by atoms with E-state index in [0.29, 0.717) is 16.3 Å². The molecule has 150 valence electrons. The van der Waals surface area contributed by atoms with E-state index in [9.17, 15) is 22.8 Å². The van der Waals surface area contributed by atoms with Crippen molar-refractivity contribution in [1.82, 2.24) is 10.6 Å². The quantitative estimate of drug-likeness (QED) is 0.667. The Morgan fingerprint density at radius 1 is 1.04 bits per heavy atom. The third kappa shape index (κ3) is 6.45. The van der Waals surface area contributed by atoms with Crippen molar-refractivity contribution in [2.45, 2.75) is 12.6 Å². The maximum Gasteiger partial charge on any atom is 0.416 e. The molecule has 28 heavy (non-hydrogen) atoms. The Morgan fingerprint density at radius 3 is 2.18 bits per heavy atom. The van der Waals surface area contributed by atoms with E-state index in [2.05, 4.69) is 16.0 Å². The summed E-state index contributed by atoms with van der Waals surface area (Å²) in [5.74, 6) is -0.968.